The molecule has 3 rings (SSSR count). The molecule has 0 spiro atoms. The minimum absolute atomic E-state index is 0.696. The van der Waals surface area contributed by atoms with E-state index < -0.39 is 0 Å². The van der Waals surface area contributed by atoms with Gasteiger partial charge in [-0.1, -0.05) is 48.0 Å². The third kappa shape index (κ3) is 1.41. The monoisotopic (exact) mass is 227 g/mol. The van der Waals surface area contributed by atoms with Gasteiger partial charge in [-0.05, 0) is 17.7 Å². The van der Waals surface area contributed by atoms with Crippen molar-refractivity contribution in [2.75, 3.05) is 0 Å². The first-order valence-electron chi connectivity index (χ1n) is 5.00. The van der Waals surface area contributed by atoms with E-state index in [-0.39, 0.29) is 0 Å². The Hall–Kier alpha value is -1.73. The summed E-state index contributed by atoms with van der Waals surface area (Å²) in [7, 11) is 0. The van der Waals surface area contributed by atoms with E-state index in [1.807, 2.05) is 48.5 Å². The second-order valence-corrected chi connectivity index (χ2v) is 3.97. The average molecular weight is 228 g/mol. The molecule has 2 heteroatoms. The minimum Gasteiger partial charge on any atom is -0.452 e. The summed E-state index contributed by atoms with van der Waals surface area (Å²) in [5.41, 5.74) is 2.75. The standard InChI is InChI=1S/C14H8ClO/c15-12-7-4-8-13-14(12)11(9-16-13)10-5-2-1-3-6-10/h1-8H. The Kier molecular flexibility index (Phi) is 2.19. The second kappa shape index (κ2) is 3.69. The number of rotatable bonds is 1. The zero-order valence-corrected chi connectivity index (χ0v) is 9.16. The lowest BCUT2D eigenvalue weighted by Gasteiger charge is -1.98. The van der Waals surface area contributed by atoms with Crippen molar-refractivity contribution in [2.24, 2.45) is 0 Å². The molecule has 0 aliphatic rings. The predicted molar refractivity (Wildman–Crippen MR) is 65.5 cm³/mol. The van der Waals surface area contributed by atoms with Crippen molar-refractivity contribution in [1.29, 1.82) is 0 Å². The van der Waals surface area contributed by atoms with Gasteiger partial charge in [0.2, 0.25) is 0 Å². The van der Waals surface area contributed by atoms with Crippen molar-refractivity contribution in [3.05, 3.63) is 59.8 Å². The number of fused-ring (bicyclic) bond motifs is 1. The zero-order chi connectivity index (χ0) is 11.0. The lowest BCUT2D eigenvalue weighted by molar-refractivity contribution is 0.607. The SMILES string of the molecule is Clc1cccc2o[c]c(-c3ccccc3)c12. The van der Waals surface area contributed by atoms with Crippen molar-refractivity contribution in [3.8, 4) is 11.1 Å². The molecule has 1 radical (unpaired) electrons. The van der Waals surface area contributed by atoms with Crippen LogP contribution in [0.4, 0.5) is 0 Å². The molecule has 2 aromatic carbocycles. The van der Waals surface area contributed by atoms with Crippen LogP contribution in [0.25, 0.3) is 22.1 Å². The number of benzene rings is 2. The first-order chi connectivity index (χ1) is 7.86. The highest BCUT2D eigenvalue weighted by atomic mass is 35.5. The molecule has 0 saturated carbocycles. The number of halogens is 1. The summed E-state index contributed by atoms with van der Waals surface area (Å²) in [6.07, 6.45) is 2.91. The maximum Gasteiger partial charge on any atom is 0.179 e. The molecule has 0 bridgehead atoms. The first kappa shape index (κ1) is 9.49. The van der Waals surface area contributed by atoms with E-state index in [9.17, 15) is 0 Å². The van der Waals surface area contributed by atoms with Gasteiger partial charge in [0, 0.05) is 10.9 Å². The molecule has 0 fully saturated rings. The van der Waals surface area contributed by atoms with E-state index in [0.717, 1.165) is 22.1 Å². The fraction of sp³-hybridized carbons (Fsp3) is 0. The Morgan fingerprint density at radius 3 is 2.56 bits per heavy atom. The van der Waals surface area contributed by atoms with E-state index in [2.05, 4.69) is 6.26 Å². The van der Waals surface area contributed by atoms with Gasteiger partial charge in [-0.2, -0.15) is 0 Å². The summed E-state index contributed by atoms with van der Waals surface area (Å²) in [4.78, 5) is 0. The molecular weight excluding hydrogens is 220 g/mol. The highest BCUT2D eigenvalue weighted by molar-refractivity contribution is 6.36. The molecule has 1 nitrogen and oxygen atoms in total. The van der Waals surface area contributed by atoms with Gasteiger partial charge in [0.25, 0.3) is 0 Å². The Balaban J connectivity index is 2.33. The smallest absolute Gasteiger partial charge is 0.179 e. The third-order valence-electron chi connectivity index (χ3n) is 2.55. The molecule has 0 unspecified atom stereocenters. The van der Waals surface area contributed by atoms with Gasteiger partial charge in [-0.15, -0.1) is 0 Å². The van der Waals surface area contributed by atoms with Crippen LogP contribution >= 0.6 is 11.6 Å². The normalized spacial score (nSPS) is 10.8. The molecule has 77 valence electrons. The molecule has 0 N–H and O–H groups in total. The Bertz CT molecular complexity index is 626. The van der Waals surface area contributed by atoms with Gasteiger partial charge in [0.15, 0.2) is 6.26 Å². The molecule has 0 aliphatic heterocycles. The van der Waals surface area contributed by atoms with E-state index in [4.69, 9.17) is 16.0 Å². The van der Waals surface area contributed by atoms with Crippen LogP contribution in [-0.4, -0.2) is 0 Å². The summed E-state index contributed by atoms with van der Waals surface area (Å²) in [5, 5.41) is 1.62. The molecular formula is C14H8ClO. The van der Waals surface area contributed by atoms with Gasteiger partial charge in [0.05, 0.1) is 5.02 Å². The van der Waals surface area contributed by atoms with Gasteiger partial charge < -0.3 is 4.42 Å². The molecule has 1 heterocycles. The highest BCUT2D eigenvalue weighted by Crippen LogP contribution is 2.34. The molecule has 0 saturated heterocycles. The molecule has 0 aliphatic carbocycles. The molecule has 0 amide bonds. The van der Waals surface area contributed by atoms with Gasteiger partial charge in [0.1, 0.15) is 5.58 Å². The van der Waals surface area contributed by atoms with E-state index >= 15 is 0 Å². The van der Waals surface area contributed by atoms with Crippen LogP contribution < -0.4 is 0 Å². The van der Waals surface area contributed by atoms with Crippen molar-refractivity contribution in [1.82, 2.24) is 0 Å². The zero-order valence-electron chi connectivity index (χ0n) is 8.41. The van der Waals surface area contributed by atoms with E-state index in [0.29, 0.717) is 5.02 Å². The maximum atomic E-state index is 6.17. The summed E-state index contributed by atoms with van der Waals surface area (Å²) < 4.78 is 5.37. The van der Waals surface area contributed by atoms with Crippen molar-refractivity contribution in [3.63, 3.8) is 0 Å². The van der Waals surface area contributed by atoms with Crippen molar-refractivity contribution >= 4 is 22.6 Å². The van der Waals surface area contributed by atoms with Crippen LogP contribution in [0.2, 0.25) is 5.02 Å². The largest absolute Gasteiger partial charge is 0.452 e. The van der Waals surface area contributed by atoms with E-state index in [1.165, 1.54) is 0 Å². The lowest BCUT2D eigenvalue weighted by Crippen LogP contribution is -1.75. The van der Waals surface area contributed by atoms with Crippen LogP contribution in [0.5, 0.6) is 0 Å². The Labute approximate surface area is 98.3 Å². The summed E-state index contributed by atoms with van der Waals surface area (Å²) in [6.45, 7) is 0. The van der Waals surface area contributed by atoms with Crippen molar-refractivity contribution < 1.29 is 4.42 Å². The molecule has 3 aromatic rings. The van der Waals surface area contributed by atoms with Gasteiger partial charge in [-0.25, -0.2) is 0 Å². The highest BCUT2D eigenvalue weighted by Gasteiger charge is 2.11. The average Bonchev–Trinajstić information content (AvgIpc) is 2.75. The number of furan rings is 1. The quantitative estimate of drug-likeness (QED) is 0.594. The maximum absolute atomic E-state index is 6.17. The topological polar surface area (TPSA) is 13.1 Å². The fourth-order valence-electron chi connectivity index (χ4n) is 1.80. The third-order valence-corrected chi connectivity index (χ3v) is 2.87. The molecule has 16 heavy (non-hydrogen) atoms. The fourth-order valence-corrected chi connectivity index (χ4v) is 2.06. The van der Waals surface area contributed by atoms with Crippen LogP contribution in [-0.2, 0) is 0 Å². The van der Waals surface area contributed by atoms with Crippen molar-refractivity contribution in [2.45, 2.75) is 0 Å². The van der Waals surface area contributed by atoms with Crippen LogP contribution in [0.3, 0.4) is 0 Å². The van der Waals surface area contributed by atoms with Gasteiger partial charge in [-0.3, -0.25) is 0 Å². The lowest BCUT2D eigenvalue weighted by atomic mass is 10.1. The summed E-state index contributed by atoms with van der Waals surface area (Å²) >= 11 is 6.17. The summed E-state index contributed by atoms with van der Waals surface area (Å²) in [6, 6.07) is 15.6. The van der Waals surface area contributed by atoms with E-state index in [1.54, 1.807) is 0 Å². The van der Waals surface area contributed by atoms with Gasteiger partial charge >= 0.3 is 0 Å². The van der Waals surface area contributed by atoms with Crippen LogP contribution in [0.15, 0.2) is 52.9 Å². The number of hydrogen-bond acceptors (Lipinski definition) is 1. The molecule has 1 aromatic heterocycles. The minimum atomic E-state index is 0.696. The summed E-state index contributed by atoms with van der Waals surface area (Å²) in [5.74, 6) is 0. The molecule has 0 atom stereocenters. The van der Waals surface area contributed by atoms with Crippen LogP contribution in [0, 0.1) is 6.26 Å². The Morgan fingerprint density at radius 1 is 0.938 bits per heavy atom. The second-order valence-electron chi connectivity index (χ2n) is 3.56. The van der Waals surface area contributed by atoms with Crippen LogP contribution in [0.1, 0.15) is 0 Å². The number of hydrogen-bond donors (Lipinski definition) is 0. The first-order valence-corrected chi connectivity index (χ1v) is 5.38. The Morgan fingerprint density at radius 2 is 1.75 bits per heavy atom. The predicted octanol–water partition coefficient (Wildman–Crippen LogP) is 4.55.